The lowest BCUT2D eigenvalue weighted by atomic mass is 10.0. The van der Waals surface area contributed by atoms with E-state index in [1.165, 1.54) is 0 Å². The third kappa shape index (κ3) is 3.98. The van der Waals surface area contributed by atoms with Gasteiger partial charge in [-0.1, -0.05) is 6.07 Å². The van der Waals surface area contributed by atoms with E-state index in [1.807, 2.05) is 45.4 Å². The van der Waals surface area contributed by atoms with E-state index in [0.717, 1.165) is 27.7 Å². The van der Waals surface area contributed by atoms with Crippen LogP contribution in [0.25, 0.3) is 22.0 Å². The molecule has 0 aliphatic carbocycles. The zero-order valence-corrected chi connectivity index (χ0v) is 18.0. The number of ether oxygens (including phenoxy) is 2. The summed E-state index contributed by atoms with van der Waals surface area (Å²) in [6, 6.07) is 8.12. The Labute approximate surface area is 172 Å². The van der Waals surface area contributed by atoms with Gasteiger partial charge in [-0.3, -0.25) is 4.98 Å². The predicted octanol–water partition coefficient (Wildman–Crippen LogP) is 4.53. The van der Waals surface area contributed by atoms with Crippen LogP contribution in [-0.4, -0.2) is 48.2 Å². The van der Waals surface area contributed by atoms with Gasteiger partial charge in [0.2, 0.25) is 0 Å². The molecule has 0 aliphatic heterocycles. The predicted molar refractivity (Wildman–Crippen MR) is 115 cm³/mol. The summed E-state index contributed by atoms with van der Waals surface area (Å²) in [5.74, 6) is 0.401. The fraction of sp³-hybridized carbons (Fsp3) is 0.391. The number of methoxy groups -OCH3 is 1. The highest BCUT2D eigenvalue weighted by molar-refractivity contribution is 6.07. The van der Waals surface area contributed by atoms with E-state index in [1.54, 1.807) is 13.3 Å². The molecule has 3 rings (SSSR count). The summed E-state index contributed by atoms with van der Waals surface area (Å²) in [4.78, 5) is 19.3. The van der Waals surface area contributed by atoms with Crippen LogP contribution in [0.15, 0.2) is 36.7 Å². The summed E-state index contributed by atoms with van der Waals surface area (Å²) in [6.07, 6.45) is 3.57. The fourth-order valence-electron chi connectivity index (χ4n) is 3.78. The van der Waals surface area contributed by atoms with Gasteiger partial charge in [0.05, 0.1) is 24.8 Å². The van der Waals surface area contributed by atoms with Gasteiger partial charge in [-0.15, -0.1) is 0 Å². The summed E-state index contributed by atoms with van der Waals surface area (Å²) < 4.78 is 13.3. The number of pyridine rings is 1. The summed E-state index contributed by atoms with van der Waals surface area (Å²) in [7, 11) is 5.64. The first-order valence-electron chi connectivity index (χ1n) is 9.86. The van der Waals surface area contributed by atoms with Gasteiger partial charge in [0.25, 0.3) is 0 Å². The molecule has 0 bridgehead atoms. The Hall–Kier alpha value is -2.86. The number of esters is 1. The Morgan fingerprint density at radius 2 is 2.03 bits per heavy atom. The molecule has 154 valence electrons. The summed E-state index contributed by atoms with van der Waals surface area (Å²) in [5, 5.41) is 0.846. The molecule has 0 spiro atoms. The Bertz CT molecular complexity index is 1010. The maximum Gasteiger partial charge on any atom is 0.340 e. The van der Waals surface area contributed by atoms with Gasteiger partial charge < -0.3 is 18.9 Å². The van der Waals surface area contributed by atoms with Gasteiger partial charge in [0.15, 0.2) is 0 Å². The molecule has 29 heavy (non-hydrogen) atoms. The molecule has 0 fully saturated rings. The molecular formula is C23H29N3O3. The second-order valence-electron chi connectivity index (χ2n) is 7.56. The van der Waals surface area contributed by atoms with E-state index >= 15 is 0 Å². The zero-order chi connectivity index (χ0) is 21.1. The first-order chi connectivity index (χ1) is 13.9. The molecule has 2 aromatic heterocycles. The van der Waals surface area contributed by atoms with Crippen LogP contribution in [0.1, 0.15) is 42.9 Å². The van der Waals surface area contributed by atoms with Crippen LogP contribution in [0, 0.1) is 0 Å². The Balaban J connectivity index is 2.40. The maximum absolute atomic E-state index is 12.9. The third-order valence-electron chi connectivity index (χ3n) is 4.86. The number of carbonyl (C=O) groups excluding carboxylic acids is 1. The highest BCUT2D eigenvalue weighted by Gasteiger charge is 2.26. The van der Waals surface area contributed by atoms with Gasteiger partial charge in [-0.25, -0.2) is 4.79 Å². The molecule has 2 heterocycles. The second kappa shape index (κ2) is 8.66. The molecule has 6 heteroatoms. The molecule has 0 amide bonds. The Morgan fingerprint density at radius 3 is 2.59 bits per heavy atom. The van der Waals surface area contributed by atoms with Crippen molar-refractivity contribution in [3.05, 3.63) is 47.9 Å². The third-order valence-corrected chi connectivity index (χ3v) is 4.86. The van der Waals surface area contributed by atoms with Crippen LogP contribution in [0.4, 0.5) is 0 Å². The van der Waals surface area contributed by atoms with Crippen LogP contribution in [0.5, 0.6) is 5.75 Å². The van der Waals surface area contributed by atoms with Crippen LogP contribution in [0.2, 0.25) is 0 Å². The molecular weight excluding hydrogens is 366 g/mol. The van der Waals surface area contributed by atoms with Gasteiger partial charge in [0.1, 0.15) is 5.75 Å². The van der Waals surface area contributed by atoms with Crippen LogP contribution < -0.4 is 4.74 Å². The lowest BCUT2D eigenvalue weighted by molar-refractivity contribution is 0.0526. The molecule has 6 nitrogen and oxygen atoms in total. The molecule has 3 aromatic rings. The van der Waals surface area contributed by atoms with Crippen LogP contribution in [-0.2, 0) is 11.3 Å². The van der Waals surface area contributed by atoms with Gasteiger partial charge in [-0.05, 0) is 53.1 Å². The molecule has 0 radical (unpaired) electrons. The minimum Gasteiger partial charge on any atom is -0.496 e. The van der Waals surface area contributed by atoms with E-state index in [9.17, 15) is 4.79 Å². The highest BCUT2D eigenvalue weighted by Crippen LogP contribution is 2.39. The SMILES string of the molecule is CCOC(=O)c1c(CN(C)C)n(C(C)C)c2cc(-c3cccnc3)c(OC)cc12. The van der Waals surface area contributed by atoms with Crippen molar-refractivity contribution in [1.29, 1.82) is 0 Å². The topological polar surface area (TPSA) is 56.6 Å². The largest absolute Gasteiger partial charge is 0.496 e. The smallest absolute Gasteiger partial charge is 0.340 e. The zero-order valence-electron chi connectivity index (χ0n) is 18.0. The first-order valence-corrected chi connectivity index (χ1v) is 9.86. The van der Waals surface area contributed by atoms with E-state index in [-0.39, 0.29) is 12.0 Å². The molecule has 0 saturated heterocycles. The van der Waals surface area contributed by atoms with Gasteiger partial charge in [-0.2, -0.15) is 0 Å². The van der Waals surface area contributed by atoms with Crippen LogP contribution in [0.3, 0.4) is 0 Å². The van der Waals surface area contributed by atoms with Gasteiger partial charge in [0, 0.05) is 47.2 Å². The quantitative estimate of drug-likeness (QED) is 0.550. The van der Waals surface area contributed by atoms with Crippen LogP contribution >= 0.6 is 0 Å². The highest BCUT2D eigenvalue weighted by atomic mass is 16.5. The lowest BCUT2D eigenvalue weighted by Crippen LogP contribution is -2.19. The van der Waals surface area contributed by atoms with Crippen molar-refractivity contribution in [2.45, 2.75) is 33.4 Å². The van der Waals surface area contributed by atoms with E-state index in [4.69, 9.17) is 9.47 Å². The molecule has 1 aromatic carbocycles. The van der Waals surface area contributed by atoms with E-state index in [0.29, 0.717) is 24.5 Å². The molecule has 0 atom stereocenters. The van der Waals surface area contributed by atoms with Crippen molar-refractivity contribution < 1.29 is 14.3 Å². The van der Waals surface area contributed by atoms with E-state index in [2.05, 4.69) is 34.4 Å². The van der Waals surface area contributed by atoms with E-state index < -0.39 is 0 Å². The Morgan fingerprint density at radius 1 is 1.28 bits per heavy atom. The number of benzene rings is 1. The number of rotatable bonds is 7. The van der Waals surface area contributed by atoms with Crippen molar-refractivity contribution >= 4 is 16.9 Å². The number of hydrogen-bond donors (Lipinski definition) is 0. The first kappa shape index (κ1) is 20.9. The van der Waals surface area contributed by atoms with Gasteiger partial charge >= 0.3 is 5.97 Å². The number of hydrogen-bond acceptors (Lipinski definition) is 5. The fourth-order valence-corrected chi connectivity index (χ4v) is 3.78. The van der Waals surface area contributed by atoms with Crippen molar-refractivity contribution in [2.75, 3.05) is 27.8 Å². The van der Waals surface area contributed by atoms with Crippen molar-refractivity contribution in [3.8, 4) is 16.9 Å². The van der Waals surface area contributed by atoms with Crippen molar-refractivity contribution in [3.63, 3.8) is 0 Å². The molecule has 0 aliphatic rings. The average molecular weight is 396 g/mol. The summed E-state index contributed by atoms with van der Waals surface area (Å²) >= 11 is 0. The number of nitrogens with zero attached hydrogens (tertiary/aromatic N) is 3. The molecule has 0 unspecified atom stereocenters. The number of carbonyl (C=O) groups is 1. The summed E-state index contributed by atoms with van der Waals surface area (Å²) in [5.41, 5.74) is 4.46. The van der Waals surface area contributed by atoms with Crippen molar-refractivity contribution in [1.82, 2.24) is 14.5 Å². The molecule has 0 N–H and O–H groups in total. The van der Waals surface area contributed by atoms with Crippen molar-refractivity contribution in [2.24, 2.45) is 0 Å². The second-order valence-corrected chi connectivity index (χ2v) is 7.56. The lowest BCUT2D eigenvalue weighted by Gasteiger charge is -2.19. The minimum atomic E-state index is -0.301. The monoisotopic (exact) mass is 395 g/mol. The number of fused-ring (bicyclic) bond motifs is 1. The summed E-state index contributed by atoms with van der Waals surface area (Å²) in [6.45, 7) is 7.04. The maximum atomic E-state index is 12.9. The number of aromatic nitrogens is 2. The average Bonchev–Trinajstić information content (AvgIpc) is 2.99. The standard InChI is InChI=1S/C23H29N3O3/c1-7-29-23(27)22-18-12-21(28-6)17(16-9-8-10-24-13-16)11-19(18)26(15(2)3)20(22)14-25(4)5/h8-13,15H,7,14H2,1-6H3. The molecule has 0 saturated carbocycles. The normalized spacial score (nSPS) is 11.4. The Kier molecular flexibility index (Phi) is 6.23. The minimum absolute atomic E-state index is 0.172.